The van der Waals surface area contributed by atoms with Gasteiger partial charge in [-0.25, -0.2) is 0 Å². The molecule has 0 saturated heterocycles. The predicted molar refractivity (Wildman–Crippen MR) is 267 cm³/mol. The summed E-state index contributed by atoms with van der Waals surface area (Å²) in [7, 11) is 0. The molecule has 1 aromatic heterocycles. The lowest BCUT2D eigenvalue weighted by atomic mass is 9.84. The number of aromatic nitrogens is 1. The second-order valence-corrected chi connectivity index (χ2v) is 16.3. The molecule has 63 heavy (non-hydrogen) atoms. The van der Waals surface area contributed by atoms with Crippen LogP contribution >= 0.6 is 0 Å². The first-order valence-corrected chi connectivity index (χ1v) is 21.7. The van der Waals surface area contributed by atoms with Crippen molar-refractivity contribution < 1.29 is 0 Å². The summed E-state index contributed by atoms with van der Waals surface area (Å²) in [5, 5.41) is 9.72. The molecule has 0 bridgehead atoms. The maximum Gasteiger partial charge on any atom is 0.0584 e. The van der Waals surface area contributed by atoms with Gasteiger partial charge in [0.1, 0.15) is 0 Å². The number of rotatable bonds is 8. The second-order valence-electron chi connectivity index (χ2n) is 16.3. The third-order valence-electron chi connectivity index (χ3n) is 12.6. The van der Waals surface area contributed by atoms with E-state index in [-0.39, 0.29) is 0 Å². The second kappa shape index (κ2) is 16.0. The van der Waals surface area contributed by atoms with Crippen LogP contribution in [-0.2, 0) is 6.54 Å². The highest BCUT2D eigenvalue weighted by Gasteiger charge is 2.23. The van der Waals surface area contributed by atoms with Gasteiger partial charge in [-0.2, -0.15) is 0 Å². The van der Waals surface area contributed by atoms with Crippen molar-refractivity contribution in [3.63, 3.8) is 0 Å². The smallest absolute Gasteiger partial charge is 0.0584 e. The van der Waals surface area contributed by atoms with E-state index in [2.05, 4.69) is 216 Å². The standard InChI is InChI=1S/C60H45N3/c1-2-3-23-55(61)56-38-53-52-36-47(33-35-57(52)63(58(53)39-62-56)48-19-11-6-12-20-48)46-32-34-51-54(37-46)60(45-30-26-43(27-31-45)41-17-9-5-10-18-41)50-22-14-13-21-49(50)59(51)44-28-24-42(25-29-44)40-15-7-4-8-16-40/h2-38,62H,39,61H2,1H3/b3-2-,55-23-. The Morgan fingerprint density at radius 3 is 1.52 bits per heavy atom. The number of fused-ring (bicyclic) bond motifs is 5. The van der Waals surface area contributed by atoms with E-state index in [1.165, 1.54) is 88.3 Å². The molecule has 1 aliphatic heterocycles. The zero-order chi connectivity index (χ0) is 42.3. The summed E-state index contributed by atoms with van der Waals surface area (Å²) < 4.78 is 2.39. The number of benzene rings is 9. The van der Waals surface area contributed by atoms with Crippen LogP contribution in [0.4, 0.5) is 0 Å². The van der Waals surface area contributed by atoms with Crippen molar-refractivity contribution >= 4 is 38.5 Å². The molecule has 0 spiro atoms. The SMILES string of the molecule is C/C=C\C=C(/N)C1=Cc2c(n(-c3ccccc3)c3ccc(-c4ccc5c(-c6ccc(-c7ccccc7)cc6)c6ccccc6c(-c6ccc(-c7ccccc7)cc6)c5c4)cc23)CN1. The molecule has 2 heterocycles. The highest BCUT2D eigenvalue weighted by molar-refractivity contribution is 6.22. The monoisotopic (exact) mass is 807 g/mol. The topological polar surface area (TPSA) is 43.0 Å². The van der Waals surface area contributed by atoms with Crippen LogP contribution in [-0.4, -0.2) is 4.57 Å². The summed E-state index contributed by atoms with van der Waals surface area (Å²) in [4.78, 5) is 0. The van der Waals surface area contributed by atoms with Crippen LogP contribution in [0.1, 0.15) is 18.2 Å². The minimum Gasteiger partial charge on any atom is -0.397 e. The average molecular weight is 808 g/mol. The summed E-state index contributed by atoms with van der Waals surface area (Å²) in [5.41, 5.74) is 25.0. The van der Waals surface area contributed by atoms with Crippen LogP contribution in [0, 0.1) is 0 Å². The van der Waals surface area contributed by atoms with Gasteiger partial charge in [0.05, 0.1) is 29.1 Å². The molecule has 0 radical (unpaired) electrons. The van der Waals surface area contributed by atoms with Gasteiger partial charge in [0, 0.05) is 16.6 Å². The highest BCUT2D eigenvalue weighted by Crippen LogP contribution is 2.46. The molecule has 11 rings (SSSR count). The van der Waals surface area contributed by atoms with E-state index in [4.69, 9.17) is 5.73 Å². The van der Waals surface area contributed by atoms with Crippen LogP contribution in [0.2, 0.25) is 0 Å². The first-order valence-electron chi connectivity index (χ1n) is 21.7. The van der Waals surface area contributed by atoms with E-state index in [0.717, 1.165) is 22.5 Å². The maximum atomic E-state index is 6.63. The van der Waals surface area contributed by atoms with Crippen LogP contribution in [0.5, 0.6) is 0 Å². The van der Waals surface area contributed by atoms with Crippen LogP contribution in [0.25, 0.3) is 99.8 Å². The van der Waals surface area contributed by atoms with Crippen molar-refractivity contribution in [3.05, 3.63) is 241 Å². The first-order chi connectivity index (χ1) is 31.1. The van der Waals surface area contributed by atoms with Gasteiger partial charge in [-0.05, 0) is 127 Å². The van der Waals surface area contributed by atoms with Gasteiger partial charge < -0.3 is 15.6 Å². The lowest BCUT2D eigenvalue weighted by Gasteiger charge is -2.19. The molecule has 0 atom stereocenters. The molecule has 0 unspecified atom stereocenters. The number of nitrogens with two attached hydrogens (primary N) is 1. The molecular formula is C60H45N3. The molecule has 3 N–H and O–H groups in total. The zero-order valence-electron chi connectivity index (χ0n) is 35.1. The Hall–Kier alpha value is -8.14. The average Bonchev–Trinajstić information content (AvgIpc) is 3.68. The molecule has 9 aromatic carbocycles. The zero-order valence-corrected chi connectivity index (χ0v) is 35.1. The van der Waals surface area contributed by atoms with E-state index in [1.807, 2.05) is 25.2 Å². The molecule has 0 amide bonds. The lowest BCUT2D eigenvalue weighted by Crippen LogP contribution is -2.23. The summed E-state index contributed by atoms with van der Waals surface area (Å²) >= 11 is 0. The van der Waals surface area contributed by atoms with E-state index in [9.17, 15) is 0 Å². The fourth-order valence-corrected chi connectivity index (χ4v) is 9.50. The Labute approximate surface area is 368 Å². The minimum atomic E-state index is 0.662. The number of nitrogens with one attached hydrogen (secondary N) is 1. The number of nitrogens with zero attached hydrogens (tertiary/aromatic N) is 1. The summed E-state index contributed by atoms with van der Waals surface area (Å²) in [6.07, 6.45) is 8.16. The minimum absolute atomic E-state index is 0.662. The van der Waals surface area contributed by atoms with Crippen molar-refractivity contribution in [3.8, 4) is 61.3 Å². The van der Waals surface area contributed by atoms with Gasteiger partial charge in [-0.1, -0.05) is 182 Å². The Morgan fingerprint density at radius 1 is 0.476 bits per heavy atom. The quantitative estimate of drug-likeness (QED) is 0.119. The molecule has 0 saturated carbocycles. The Bertz CT molecular complexity index is 3410. The molecule has 3 nitrogen and oxygen atoms in total. The molecular weight excluding hydrogens is 763 g/mol. The van der Waals surface area contributed by atoms with Crippen molar-refractivity contribution in [2.24, 2.45) is 5.73 Å². The summed E-state index contributed by atoms with van der Waals surface area (Å²) in [6, 6.07) is 73.0. The third-order valence-corrected chi connectivity index (χ3v) is 12.6. The molecule has 1 aliphatic rings. The molecule has 0 fully saturated rings. The Morgan fingerprint density at radius 2 is 0.937 bits per heavy atom. The van der Waals surface area contributed by atoms with Gasteiger partial charge in [0.25, 0.3) is 0 Å². The van der Waals surface area contributed by atoms with Crippen molar-refractivity contribution in [1.82, 2.24) is 9.88 Å². The lowest BCUT2D eigenvalue weighted by molar-refractivity contribution is 0.765. The number of hydrogen-bond donors (Lipinski definition) is 2. The van der Waals surface area contributed by atoms with E-state index >= 15 is 0 Å². The maximum absolute atomic E-state index is 6.63. The normalized spacial score (nSPS) is 12.8. The van der Waals surface area contributed by atoms with Crippen molar-refractivity contribution in [2.45, 2.75) is 13.5 Å². The van der Waals surface area contributed by atoms with E-state index in [0.29, 0.717) is 12.2 Å². The fraction of sp³-hybridized carbons (Fsp3) is 0.0333. The molecule has 0 aliphatic carbocycles. The summed E-state index contributed by atoms with van der Waals surface area (Å²) in [6.45, 7) is 2.67. The molecule has 10 aromatic rings. The fourth-order valence-electron chi connectivity index (χ4n) is 9.50. The van der Waals surface area contributed by atoms with Crippen LogP contribution in [0.15, 0.2) is 230 Å². The number of hydrogen-bond acceptors (Lipinski definition) is 2. The molecule has 3 heteroatoms. The van der Waals surface area contributed by atoms with Crippen LogP contribution in [0.3, 0.4) is 0 Å². The number of allylic oxidation sites excluding steroid dienone is 3. The van der Waals surface area contributed by atoms with Gasteiger partial charge in [0.2, 0.25) is 0 Å². The van der Waals surface area contributed by atoms with Gasteiger partial charge >= 0.3 is 0 Å². The van der Waals surface area contributed by atoms with Crippen molar-refractivity contribution in [1.29, 1.82) is 0 Å². The van der Waals surface area contributed by atoms with E-state index in [1.54, 1.807) is 0 Å². The predicted octanol–water partition coefficient (Wildman–Crippen LogP) is 15.1. The third kappa shape index (κ3) is 6.81. The Balaban J connectivity index is 1.13. The van der Waals surface area contributed by atoms with Crippen LogP contribution < -0.4 is 11.1 Å². The Kier molecular flexibility index (Phi) is 9.63. The molecule has 300 valence electrons. The largest absolute Gasteiger partial charge is 0.397 e. The number of para-hydroxylation sites is 1. The van der Waals surface area contributed by atoms with Gasteiger partial charge in [-0.15, -0.1) is 0 Å². The first kappa shape index (κ1) is 37.8. The van der Waals surface area contributed by atoms with Gasteiger partial charge in [0.15, 0.2) is 0 Å². The van der Waals surface area contributed by atoms with E-state index < -0.39 is 0 Å². The summed E-state index contributed by atoms with van der Waals surface area (Å²) in [5.74, 6) is 0. The highest BCUT2D eigenvalue weighted by atomic mass is 15.0. The van der Waals surface area contributed by atoms with Crippen molar-refractivity contribution in [2.75, 3.05) is 0 Å². The van der Waals surface area contributed by atoms with Gasteiger partial charge in [-0.3, -0.25) is 0 Å².